The number of aromatic nitrogens is 6. The molecule has 0 radical (unpaired) electrons. The maximum Gasteiger partial charge on any atom is 0.386 e. The number of thiol groups is 2. The zero-order valence-electron chi connectivity index (χ0n) is 22.0. The van der Waals surface area contributed by atoms with Crippen LogP contribution < -0.4 is 17.0 Å². The van der Waals surface area contributed by atoms with Crippen LogP contribution in [0, 0.1) is 0 Å². The van der Waals surface area contributed by atoms with Crippen molar-refractivity contribution in [2.45, 2.75) is 49.7 Å². The van der Waals surface area contributed by atoms with Crippen LogP contribution in [0.3, 0.4) is 0 Å². The summed E-state index contributed by atoms with van der Waals surface area (Å²) in [5.41, 5.74) is 12.5. The molecule has 230 valence electrons. The second-order valence-corrected chi connectivity index (χ2v) is 16.0. The second-order valence-electron chi connectivity index (χ2n) is 10.2. The predicted octanol–water partition coefficient (Wildman–Crippen LogP) is 2.80. The number of anilines is 2. The van der Waals surface area contributed by atoms with Crippen LogP contribution in [0.4, 0.5) is 11.6 Å². The first-order valence-corrected chi connectivity index (χ1v) is 18.4. The molecule has 2 bridgehead atoms. The van der Waals surface area contributed by atoms with Crippen molar-refractivity contribution in [2.75, 3.05) is 24.7 Å². The Balaban J connectivity index is 1.17. The molecule has 7 heterocycles. The molecule has 0 saturated carbocycles. The van der Waals surface area contributed by atoms with Gasteiger partial charge in [0.1, 0.15) is 30.2 Å². The lowest BCUT2D eigenvalue weighted by Crippen LogP contribution is -2.28. The molecule has 3 saturated heterocycles. The SMILES string of the molecule is Nc1nc2c(ncn2[C@@H]2O[C@@H]3CO[P@@](=O)(S)O[C@H]4C[C@H](n5ccc6c(N)ccnc65)O[C@@H]4CO[P@@](=O)(S)O[C@@H]2C3)c(=O)[nH]1. The third kappa shape index (κ3) is 5.63. The maximum absolute atomic E-state index is 13.5. The predicted molar refractivity (Wildman–Crippen MR) is 159 cm³/mol. The van der Waals surface area contributed by atoms with E-state index in [1.54, 1.807) is 23.0 Å². The van der Waals surface area contributed by atoms with E-state index in [1.165, 1.54) is 10.9 Å². The number of pyridine rings is 1. The van der Waals surface area contributed by atoms with Crippen molar-refractivity contribution in [3.8, 4) is 0 Å². The summed E-state index contributed by atoms with van der Waals surface area (Å²) in [6.45, 7) is -8.54. The first kappa shape index (κ1) is 29.3. The summed E-state index contributed by atoms with van der Waals surface area (Å²) in [5.74, 6) is -0.135. The van der Waals surface area contributed by atoms with Crippen molar-refractivity contribution in [1.82, 2.24) is 29.1 Å². The van der Waals surface area contributed by atoms with E-state index in [4.69, 9.17) is 39.0 Å². The number of fused-ring (bicyclic) bond motifs is 5. The lowest BCUT2D eigenvalue weighted by molar-refractivity contribution is -0.0556. The number of imidazole rings is 1. The lowest BCUT2D eigenvalue weighted by Gasteiger charge is -2.26. The van der Waals surface area contributed by atoms with Crippen molar-refractivity contribution in [3.63, 3.8) is 0 Å². The molecule has 17 nitrogen and oxygen atoms in total. The van der Waals surface area contributed by atoms with Gasteiger partial charge in [-0.15, -0.1) is 0 Å². The molecule has 3 aliphatic heterocycles. The Morgan fingerprint density at radius 2 is 1.70 bits per heavy atom. The molecular weight excluding hydrogens is 646 g/mol. The number of nitrogen functional groups attached to an aromatic ring is 2. The average molecular weight is 673 g/mol. The van der Waals surface area contributed by atoms with Gasteiger partial charge in [-0.25, -0.2) is 19.1 Å². The Kier molecular flexibility index (Phi) is 7.40. The van der Waals surface area contributed by atoms with Gasteiger partial charge in [-0.05, 0) is 12.1 Å². The number of hydrogen-bond donors (Lipinski definition) is 5. The zero-order chi connectivity index (χ0) is 30.1. The van der Waals surface area contributed by atoms with Gasteiger partial charge >= 0.3 is 13.6 Å². The second kappa shape index (κ2) is 10.9. The lowest BCUT2D eigenvalue weighted by atomic mass is 10.2. The first-order valence-electron chi connectivity index (χ1n) is 13.0. The van der Waals surface area contributed by atoms with Crippen LogP contribution in [0.25, 0.3) is 22.2 Å². The molecule has 0 amide bonds. The van der Waals surface area contributed by atoms with Gasteiger partial charge in [0.25, 0.3) is 5.56 Å². The van der Waals surface area contributed by atoms with Crippen LogP contribution in [0.2, 0.25) is 0 Å². The van der Waals surface area contributed by atoms with Crippen LogP contribution in [-0.2, 0) is 36.7 Å². The molecule has 21 heteroatoms. The fourth-order valence-electron chi connectivity index (χ4n) is 5.48. The fourth-order valence-corrected chi connectivity index (χ4v) is 8.52. The van der Waals surface area contributed by atoms with Gasteiger partial charge in [-0.3, -0.25) is 32.4 Å². The van der Waals surface area contributed by atoms with E-state index in [0.29, 0.717) is 11.3 Å². The first-order chi connectivity index (χ1) is 20.5. The number of nitrogens with zero attached hydrogens (tertiary/aromatic N) is 5. The number of hydrogen-bond acceptors (Lipinski definition) is 14. The number of ether oxygens (including phenoxy) is 2. The Morgan fingerprint density at radius 1 is 0.930 bits per heavy atom. The molecular formula is C22H26N8O9P2S2. The average Bonchev–Trinajstić information content (AvgIpc) is 3.71. The minimum absolute atomic E-state index is 0.0107. The standard InChI is InChI=1S/C22H26N8O9P2S2/c23-12-1-3-25-18-11(12)2-4-29(18)16-6-13-15(37-16)8-35-41(33,43)39-14-5-10(7-34-40(32,42)38-13)36-21(14)30-9-26-17-19(30)27-22(24)28-20(17)31/h1-4,9-10,13-16,21H,5-8H2,(H2,23,25)(H,32,42)(H,33,43)(H3,24,27,28,31)/t10-,13-,14+,15+,16+,21+,40+,41+/m0/s1. The summed E-state index contributed by atoms with van der Waals surface area (Å²) in [7, 11) is 0. The highest BCUT2D eigenvalue weighted by atomic mass is 32.7. The van der Waals surface area contributed by atoms with Gasteiger partial charge < -0.3 is 25.5 Å². The summed E-state index contributed by atoms with van der Waals surface area (Å²) < 4.78 is 65.4. The normalized spacial score (nSPS) is 35.4. The molecule has 8 atom stereocenters. The number of rotatable bonds is 2. The summed E-state index contributed by atoms with van der Waals surface area (Å²) >= 11 is 8.39. The van der Waals surface area contributed by atoms with Gasteiger partial charge in [0.15, 0.2) is 17.4 Å². The van der Waals surface area contributed by atoms with Crippen LogP contribution in [0.1, 0.15) is 25.3 Å². The monoisotopic (exact) mass is 672 g/mol. The maximum atomic E-state index is 13.5. The summed E-state index contributed by atoms with van der Waals surface area (Å²) in [5, 5.41) is 0.736. The third-order valence-corrected chi connectivity index (χ3v) is 10.7. The minimum Gasteiger partial charge on any atom is -0.398 e. The Bertz CT molecular complexity index is 1870. The van der Waals surface area contributed by atoms with Crippen molar-refractivity contribution in [3.05, 3.63) is 41.2 Å². The highest BCUT2D eigenvalue weighted by Gasteiger charge is 2.46. The molecule has 4 aromatic heterocycles. The van der Waals surface area contributed by atoms with Crippen LogP contribution in [0.15, 0.2) is 35.6 Å². The topological polar surface area (TPSA) is 223 Å². The molecule has 0 aliphatic carbocycles. The molecule has 4 aromatic rings. The molecule has 3 fully saturated rings. The summed E-state index contributed by atoms with van der Waals surface area (Å²) in [6.07, 6.45) is 0.0315. The van der Waals surface area contributed by atoms with E-state index in [9.17, 15) is 13.9 Å². The van der Waals surface area contributed by atoms with Crippen LogP contribution in [-0.4, -0.2) is 66.7 Å². The number of nitrogens with one attached hydrogen (secondary N) is 1. The van der Waals surface area contributed by atoms with E-state index in [2.05, 4.69) is 44.4 Å². The van der Waals surface area contributed by atoms with Gasteiger partial charge in [0.2, 0.25) is 5.95 Å². The Labute approximate surface area is 252 Å². The van der Waals surface area contributed by atoms with E-state index < -0.39 is 56.0 Å². The van der Waals surface area contributed by atoms with Gasteiger partial charge in [-0.1, -0.05) is 24.5 Å². The molecule has 5 N–H and O–H groups in total. The Morgan fingerprint density at radius 3 is 2.51 bits per heavy atom. The molecule has 0 aromatic carbocycles. The van der Waals surface area contributed by atoms with Gasteiger partial charge in [-0.2, -0.15) is 4.98 Å². The summed E-state index contributed by atoms with van der Waals surface area (Å²) in [6, 6.07) is 3.50. The molecule has 0 spiro atoms. The Hall–Kier alpha value is -2.44. The molecule has 43 heavy (non-hydrogen) atoms. The van der Waals surface area contributed by atoms with E-state index in [-0.39, 0.29) is 43.2 Å². The van der Waals surface area contributed by atoms with Gasteiger partial charge in [0.05, 0.1) is 25.6 Å². The quantitative estimate of drug-likeness (QED) is 0.153. The molecule has 3 aliphatic rings. The highest BCUT2D eigenvalue weighted by Crippen LogP contribution is 2.60. The highest BCUT2D eigenvalue weighted by molar-refractivity contribution is 8.44. The molecule has 0 unspecified atom stereocenters. The zero-order valence-corrected chi connectivity index (χ0v) is 25.6. The number of nitrogens with two attached hydrogens (primary N) is 2. The number of H-pyrrole nitrogens is 1. The largest absolute Gasteiger partial charge is 0.398 e. The smallest absolute Gasteiger partial charge is 0.386 e. The van der Waals surface area contributed by atoms with Crippen molar-refractivity contribution in [1.29, 1.82) is 0 Å². The van der Waals surface area contributed by atoms with Crippen LogP contribution >= 0.6 is 38.1 Å². The van der Waals surface area contributed by atoms with Crippen molar-refractivity contribution >= 4 is 71.9 Å². The third-order valence-electron chi connectivity index (χ3n) is 7.37. The van der Waals surface area contributed by atoms with Crippen LogP contribution in [0.5, 0.6) is 0 Å². The molecule has 7 rings (SSSR count). The van der Waals surface area contributed by atoms with Crippen molar-refractivity contribution < 1.29 is 36.7 Å². The summed E-state index contributed by atoms with van der Waals surface area (Å²) in [4.78, 5) is 27.4. The minimum atomic E-state index is -4.06. The van der Waals surface area contributed by atoms with E-state index >= 15 is 0 Å². The van der Waals surface area contributed by atoms with E-state index in [1.807, 2.05) is 6.07 Å². The number of aromatic amines is 1. The van der Waals surface area contributed by atoms with Crippen molar-refractivity contribution in [2.24, 2.45) is 0 Å². The van der Waals surface area contributed by atoms with E-state index in [0.717, 1.165) is 5.39 Å². The van der Waals surface area contributed by atoms with Gasteiger partial charge in [0, 0.05) is 36.3 Å². The fraction of sp³-hybridized carbons (Fsp3) is 0.455.